The number of carbonyl (C=O) groups is 1. The molecule has 0 fully saturated rings. The fourth-order valence-electron chi connectivity index (χ4n) is 1.48. The van der Waals surface area contributed by atoms with E-state index < -0.39 is 5.91 Å². The average Bonchev–Trinajstić information content (AvgIpc) is 2.41. The van der Waals surface area contributed by atoms with Crippen LogP contribution in [0, 0.1) is 0 Å². The van der Waals surface area contributed by atoms with Gasteiger partial charge in [-0.3, -0.25) is 4.79 Å². The van der Waals surface area contributed by atoms with Crippen molar-refractivity contribution < 1.29 is 14.3 Å². The van der Waals surface area contributed by atoms with Gasteiger partial charge in [0.1, 0.15) is 17.1 Å². The Hall–Kier alpha value is -2.76. The highest BCUT2D eigenvalue weighted by Gasteiger charge is 2.12. The first-order valence-corrected chi connectivity index (χ1v) is 5.47. The van der Waals surface area contributed by atoms with Gasteiger partial charge in [0, 0.05) is 0 Å². The third-order valence-electron chi connectivity index (χ3n) is 2.41. The van der Waals surface area contributed by atoms with Crippen molar-refractivity contribution >= 4 is 11.6 Å². The molecule has 0 unspecified atom stereocenters. The van der Waals surface area contributed by atoms with Gasteiger partial charge in [-0.05, 0) is 30.3 Å². The number of nitrogens with zero attached hydrogens (tertiary/aromatic N) is 1. The van der Waals surface area contributed by atoms with Crippen molar-refractivity contribution in [2.45, 2.75) is 0 Å². The Labute approximate surface area is 110 Å². The molecule has 1 amide bonds. The zero-order valence-corrected chi connectivity index (χ0v) is 10.3. The average molecular weight is 259 g/mol. The van der Waals surface area contributed by atoms with E-state index >= 15 is 0 Å². The molecule has 0 aliphatic heterocycles. The number of pyridine rings is 1. The van der Waals surface area contributed by atoms with E-state index in [-0.39, 0.29) is 11.4 Å². The van der Waals surface area contributed by atoms with Crippen LogP contribution >= 0.6 is 0 Å². The number of aromatic nitrogens is 1. The van der Waals surface area contributed by atoms with Crippen molar-refractivity contribution in [1.29, 1.82) is 0 Å². The van der Waals surface area contributed by atoms with E-state index in [1.54, 1.807) is 31.4 Å². The second-order valence-electron chi connectivity index (χ2n) is 3.76. The molecule has 6 nitrogen and oxygen atoms in total. The zero-order valence-electron chi connectivity index (χ0n) is 10.3. The Balaban J connectivity index is 2.29. The largest absolute Gasteiger partial charge is 0.497 e. The number of nitrogens with two attached hydrogens (primary N) is 2. The Morgan fingerprint density at radius 2 is 1.84 bits per heavy atom. The minimum atomic E-state index is -0.650. The third-order valence-corrected chi connectivity index (χ3v) is 2.41. The monoisotopic (exact) mass is 259 g/mol. The number of primary amides is 1. The molecule has 2 aromatic rings. The van der Waals surface area contributed by atoms with Gasteiger partial charge in [0.15, 0.2) is 0 Å². The number of anilines is 1. The van der Waals surface area contributed by atoms with Crippen molar-refractivity contribution in [2.75, 3.05) is 12.8 Å². The van der Waals surface area contributed by atoms with Crippen molar-refractivity contribution in [3.63, 3.8) is 0 Å². The summed E-state index contributed by atoms with van der Waals surface area (Å²) in [5.74, 6) is 0.684. The molecule has 0 atom stereocenters. The van der Waals surface area contributed by atoms with Crippen LogP contribution in [-0.2, 0) is 0 Å². The normalized spacial score (nSPS) is 9.95. The molecule has 0 saturated heterocycles. The predicted octanol–water partition coefficient (Wildman–Crippen LogP) is 1.56. The number of ether oxygens (including phenoxy) is 2. The van der Waals surface area contributed by atoms with E-state index in [1.807, 2.05) is 0 Å². The summed E-state index contributed by atoms with van der Waals surface area (Å²) in [5, 5.41) is 0. The second-order valence-corrected chi connectivity index (χ2v) is 3.76. The van der Waals surface area contributed by atoms with Gasteiger partial charge in [0.25, 0.3) is 5.91 Å². The van der Waals surface area contributed by atoms with Crippen LogP contribution in [0.1, 0.15) is 10.4 Å². The predicted molar refractivity (Wildman–Crippen MR) is 70.2 cm³/mol. The number of hydrogen-bond donors (Lipinski definition) is 2. The highest BCUT2D eigenvalue weighted by atomic mass is 16.5. The van der Waals surface area contributed by atoms with Crippen molar-refractivity contribution in [2.24, 2.45) is 5.73 Å². The summed E-state index contributed by atoms with van der Waals surface area (Å²) in [7, 11) is 1.57. The Bertz CT molecular complexity index is 597. The van der Waals surface area contributed by atoms with E-state index in [1.165, 1.54) is 12.3 Å². The van der Waals surface area contributed by atoms with Crippen LogP contribution in [0.5, 0.6) is 17.4 Å². The van der Waals surface area contributed by atoms with Crippen molar-refractivity contribution in [3.05, 3.63) is 42.1 Å². The summed E-state index contributed by atoms with van der Waals surface area (Å²) in [6, 6.07) is 8.28. The molecule has 19 heavy (non-hydrogen) atoms. The number of methoxy groups -OCH3 is 1. The smallest absolute Gasteiger partial charge is 0.254 e. The van der Waals surface area contributed by atoms with Gasteiger partial charge in [0.05, 0.1) is 19.0 Å². The fraction of sp³-hybridized carbons (Fsp3) is 0.0769. The topological polar surface area (TPSA) is 100 Å². The first-order valence-electron chi connectivity index (χ1n) is 5.47. The third kappa shape index (κ3) is 2.92. The lowest BCUT2D eigenvalue weighted by Crippen LogP contribution is -2.13. The summed E-state index contributed by atoms with van der Waals surface area (Å²) in [6.45, 7) is 0. The molecule has 6 heteroatoms. The number of carbonyl (C=O) groups excluding carboxylic acids is 1. The van der Waals surface area contributed by atoms with Gasteiger partial charge >= 0.3 is 0 Å². The van der Waals surface area contributed by atoms with Crippen LogP contribution in [0.15, 0.2) is 36.5 Å². The molecule has 98 valence electrons. The molecular weight excluding hydrogens is 246 g/mol. The first-order chi connectivity index (χ1) is 9.10. The lowest BCUT2D eigenvalue weighted by atomic mass is 10.2. The molecule has 0 aliphatic rings. The van der Waals surface area contributed by atoms with Gasteiger partial charge < -0.3 is 20.9 Å². The van der Waals surface area contributed by atoms with Gasteiger partial charge in [-0.15, -0.1) is 0 Å². The molecule has 0 bridgehead atoms. The molecule has 0 radical (unpaired) electrons. The zero-order chi connectivity index (χ0) is 13.8. The van der Waals surface area contributed by atoms with E-state index in [0.29, 0.717) is 17.2 Å². The molecule has 1 aromatic heterocycles. The van der Waals surface area contributed by atoms with E-state index in [2.05, 4.69) is 4.98 Å². The van der Waals surface area contributed by atoms with Crippen LogP contribution < -0.4 is 20.9 Å². The van der Waals surface area contributed by atoms with Gasteiger partial charge in [-0.2, -0.15) is 0 Å². The van der Waals surface area contributed by atoms with Gasteiger partial charge in [0.2, 0.25) is 5.88 Å². The maximum absolute atomic E-state index is 11.3. The van der Waals surface area contributed by atoms with Crippen molar-refractivity contribution in [1.82, 2.24) is 4.98 Å². The molecular formula is C13H13N3O3. The van der Waals surface area contributed by atoms with Crippen molar-refractivity contribution in [3.8, 4) is 17.4 Å². The SMILES string of the molecule is COc1ccc(Oc2ncc(N)cc2C(N)=O)cc1. The van der Waals surface area contributed by atoms with Gasteiger partial charge in [-0.1, -0.05) is 0 Å². The summed E-state index contributed by atoms with van der Waals surface area (Å²) >= 11 is 0. The van der Waals surface area contributed by atoms with E-state index in [4.69, 9.17) is 20.9 Å². The highest BCUT2D eigenvalue weighted by molar-refractivity contribution is 5.95. The number of rotatable bonds is 4. The molecule has 0 aliphatic carbocycles. The second kappa shape index (κ2) is 5.26. The Kier molecular flexibility index (Phi) is 3.51. The summed E-state index contributed by atoms with van der Waals surface area (Å²) in [5.41, 5.74) is 11.3. The lowest BCUT2D eigenvalue weighted by molar-refractivity contribution is 0.0997. The van der Waals surface area contributed by atoms with Crippen LogP contribution in [0.3, 0.4) is 0 Å². The number of hydrogen-bond acceptors (Lipinski definition) is 5. The Morgan fingerprint density at radius 3 is 2.42 bits per heavy atom. The van der Waals surface area contributed by atoms with E-state index in [9.17, 15) is 4.79 Å². The lowest BCUT2D eigenvalue weighted by Gasteiger charge is -2.09. The maximum atomic E-state index is 11.3. The molecule has 4 N–H and O–H groups in total. The maximum Gasteiger partial charge on any atom is 0.254 e. The minimum absolute atomic E-state index is 0.117. The summed E-state index contributed by atoms with van der Waals surface area (Å²) < 4.78 is 10.5. The Morgan fingerprint density at radius 1 is 1.21 bits per heavy atom. The molecule has 1 aromatic carbocycles. The fourth-order valence-corrected chi connectivity index (χ4v) is 1.48. The molecule has 0 saturated carbocycles. The molecule has 2 rings (SSSR count). The van der Waals surface area contributed by atoms with Crippen LogP contribution in [0.25, 0.3) is 0 Å². The summed E-state index contributed by atoms with van der Waals surface area (Å²) in [6.07, 6.45) is 1.39. The van der Waals surface area contributed by atoms with Gasteiger partial charge in [-0.25, -0.2) is 4.98 Å². The quantitative estimate of drug-likeness (QED) is 0.867. The van der Waals surface area contributed by atoms with Crippen LogP contribution in [0.2, 0.25) is 0 Å². The number of nitrogen functional groups attached to an aromatic ring is 1. The van der Waals surface area contributed by atoms with Crippen LogP contribution in [0.4, 0.5) is 5.69 Å². The minimum Gasteiger partial charge on any atom is -0.497 e. The summed E-state index contributed by atoms with van der Waals surface area (Å²) in [4.78, 5) is 15.2. The van der Waals surface area contributed by atoms with Crippen LogP contribution in [-0.4, -0.2) is 18.0 Å². The molecule has 1 heterocycles. The van der Waals surface area contributed by atoms with E-state index in [0.717, 1.165) is 0 Å². The standard InChI is InChI=1S/C13H13N3O3/c1-18-9-2-4-10(5-3-9)19-13-11(12(15)17)6-8(14)7-16-13/h2-7H,14H2,1H3,(H2,15,17). The first kappa shape index (κ1) is 12.7. The highest BCUT2D eigenvalue weighted by Crippen LogP contribution is 2.25. The molecule has 0 spiro atoms. The number of amides is 1. The number of benzene rings is 1.